The van der Waals surface area contributed by atoms with Crippen molar-refractivity contribution in [2.45, 2.75) is 25.2 Å². The lowest BCUT2D eigenvalue weighted by molar-refractivity contribution is -0.125. The van der Waals surface area contributed by atoms with Gasteiger partial charge >= 0.3 is 0 Å². The third-order valence-corrected chi connectivity index (χ3v) is 5.48. The van der Waals surface area contributed by atoms with Crippen LogP contribution in [0.15, 0.2) is 64.4 Å². The summed E-state index contributed by atoms with van der Waals surface area (Å²) in [6.07, 6.45) is 2.40. The van der Waals surface area contributed by atoms with E-state index < -0.39 is 0 Å². The summed E-state index contributed by atoms with van der Waals surface area (Å²) in [5.41, 5.74) is 1.15. The highest BCUT2D eigenvalue weighted by Crippen LogP contribution is 2.35. The number of nitrogens with zero attached hydrogens (tertiary/aromatic N) is 1. The van der Waals surface area contributed by atoms with Crippen LogP contribution in [0.4, 0.5) is 0 Å². The maximum atomic E-state index is 12.5. The molecule has 0 heterocycles. The van der Waals surface area contributed by atoms with Gasteiger partial charge in [0.1, 0.15) is 0 Å². The first-order valence-electron chi connectivity index (χ1n) is 8.19. The van der Waals surface area contributed by atoms with Gasteiger partial charge in [0.05, 0.1) is 5.02 Å². The molecule has 0 aliphatic rings. The molecule has 2 nitrogen and oxygen atoms in total. The molecule has 0 saturated carbocycles. The highest BCUT2D eigenvalue weighted by atomic mass is 35.5. The van der Waals surface area contributed by atoms with Crippen molar-refractivity contribution in [1.82, 2.24) is 4.90 Å². The Labute approximate surface area is 163 Å². The fraction of sp³-hybridized carbons (Fsp3) is 0.250. The molecule has 0 aliphatic heterocycles. The molecule has 0 spiro atoms. The summed E-state index contributed by atoms with van der Waals surface area (Å²) < 4.78 is 0. The summed E-state index contributed by atoms with van der Waals surface area (Å²) >= 11 is 13.8. The minimum Gasteiger partial charge on any atom is -0.340 e. The molecule has 2 aromatic rings. The molecule has 2 rings (SSSR count). The van der Waals surface area contributed by atoms with Crippen molar-refractivity contribution in [2.75, 3.05) is 13.1 Å². The number of hydrogen-bond donors (Lipinski definition) is 0. The van der Waals surface area contributed by atoms with E-state index in [2.05, 4.69) is 12.1 Å². The monoisotopic (exact) mass is 393 g/mol. The van der Waals surface area contributed by atoms with E-state index in [1.807, 2.05) is 44.2 Å². The van der Waals surface area contributed by atoms with E-state index in [0.29, 0.717) is 29.6 Å². The molecule has 0 unspecified atom stereocenters. The van der Waals surface area contributed by atoms with Gasteiger partial charge in [-0.1, -0.05) is 65.3 Å². The van der Waals surface area contributed by atoms with Gasteiger partial charge < -0.3 is 4.90 Å². The zero-order valence-electron chi connectivity index (χ0n) is 14.3. The van der Waals surface area contributed by atoms with E-state index in [1.165, 1.54) is 11.8 Å². The Morgan fingerprint density at radius 3 is 2.36 bits per heavy atom. The number of allylic oxidation sites excluding steroid dienone is 1. The number of likely N-dealkylation sites (N-methyl/N-ethyl adjacent to an activating group) is 1. The smallest absolute Gasteiger partial charge is 0.247 e. The van der Waals surface area contributed by atoms with Crippen molar-refractivity contribution < 1.29 is 4.79 Å². The van der Waals surface area contributed by atoms with Gasteiger partial charge in [0, 0.05) is 35.5 Å². The van der Waals surface area contributed by atoms with E-state index in [4.69, 9.17) is 23.2 Å². The number of hydrogen-bond acceptors (Lipinski definition) is 2. The van der Waals surface area contributed by atoms with E-state index in [-0.39, 0.29) is 5.91 Å². The minimum absolute atomic E-state index is 0.0218. The fourth-order valence-electron chi connectivity index (χ4n) is 2.38. The lowest BCUT2D eigenvalue weighted by Gasteiger charge is -2.17. The van der Waals surface area contributed by atoms with Gasteiger partial charge in [-0.05, 0) is 42.5 Å². The van der Waals surface area contributed by atoms with E-state index >= 15 is 0 Å². The molecule has 0 N–H and O–H groups in total. The van der Waals surface area contributed by atoms with Gasteiger partial charge in [0.15, 0.2) is 0 Å². The van der Waals surface area contributed by atoms with E-state index in [1.54, 1.807) is 17.0 Å². The zero-order valence-corrected chi connectivity index (χ0v) is 16.7. The van der Waals surface area contributed by atoms with Crippen molar-refractivity contribution in [3.8, 4) is 0 Å². The Morgan fingerprint density at radius 1 is 1.08 bits per heavy atom. The first-order valence-corrected chi connectivity index (χ1v) is 9.77. The zero-order chi connectivity index (χ0) is 18.2. The summed E-state index contributed by atoms with van der Waals surface area (Å²) in [5, 5.41) is 1.19. The third-order valence-electron chi connectivity index (χ3n) is 3.72. The summed E-state index contributed by atoms with van der Waals surface area (Å²) in [6, 6.07) is 15.5. The molecule has 0 bridgehead atoms. The van der Waals surface area contributed by atoms with Gasteiger partial charge in [0.25, 0.3) is 0 Å². The number of amides is 1. The van der Waals surface area contributed by atoms with Crippen LogP contribution in [0, 0.1) is 0 Å². The summed E-state index contributed by atoms with van der Waals surface area (Å²) in [7, 11) is 0. The molecule has 0 saturated heterocycles. The Kier molecular flexibility index (Phi) is 7.89. The molecule has 132 valence electrons. The molecular formula is C20H21Cl2NOS. The standard InChI is InChI=1S/C20H21Cl2NOS/c1-3-23(4-2)20(24)14-17(12-15-8-6-5-7-9-15)25-19-11-10-16(21)13-18(19)22/h5-11,13-14H,3-4,12H2,1-2H3/b17-14-. The average Bonchev–Trinajstić information content (AvgIpc) is 2.59. The van der Waals surface area contributed by atoms with Crippen LogP contribution >= 0.6 is 35.0 Å². The molecule has 0 radical (unpaired) electrons. The molecule has 25 heavy (non-hydrogen) atoms. The molecule has 0 atom stereocenters. The van der Waals surface area contributed by atoms with Crippen LogP contribution in [0.3, 0.4) is 0 Å². The first-order chi connectivity index (χ1) is 12.0. The minimum atomic E-state index is 0.0218. The van der Waals surface area contributed by atoms with Gasteiger partial charge in [0.2, 0.25) is 5.91 Å². The maximum Gasteiger partial charge on any atom is 0.247 e. The molecule has 0 aromatic heterocycles. The van der Waals surface area contributed by atoms with Crippen LogP contribution < -0.4 is 0 Å². The summed E-state index contributed by atoms with van der Waals surface area (Å²) in [4.78, 5) is 16.2. The number of benzene rings is 2. The van der Waals surface area contributed by atoms with Crippen molar-refractivity contribution in [2.24, 2.45) is 0 Å². The molecular weight excluding hydrogens is 373 g/mol. The molecule has 5 heteroatoms. The predicted molar refractivity (Wildman–Crippen MR) is 108 cm³/mol. The average molecular weight is 394 g/mol. The van der Waals surface area contributed by atoms with Crippen LogP contribution in [0.25, 0.3) is 0 Å². The van der Waals surface area contributed by atoms with Crippen LogP contribution in [0.5, 0.6) is 0 Å². The topological polar surface area (TPSA) is 20.3 Å². The first kappa shape index (κ1) is 19.9. The Bertz CT molecular complexity index is 743. The highest BCUT2D eigenvalue weighted by Gasteiger charge is 2.12. The highest BCUT2D eigenvalue weighted by molar-refractivity contribution is 8.03. The van der Waals surface area contributed by atoms with Crippen molar-refractivity contribution in [3.05, 3.63) is 75.1 Å². The summed E-state index contributed by atoms with van der Waals surface area (Å²) in [5.74, 6) is 0.0218. The molecule has 0 fully saturated rings. The molecule has 1 amide bonds. The predicted octanol–water partition coefficient (Wildman–Crippen LogP) is 6.08. The second-order valence-electron chi connectivity index (χ2n) is 5.46. The largest absolute Gasteiger partial charge is 0.340 e. The van der Waals surface area contributed by atoms with Crippen molar-refractivity contribution in [1.29, 1.82) is 0 Å². The molecule has 2 aromatic carbocycles. The Hall–Kier alpha value is -1.42. The number of halogens is 2. The quantitative estimate of drug-likeness (QED) is 0.419. The Balaban J connectivity index is 2.29. The second-order valence-corrected chi connectivity index (χ2v) is 7.47. The van der Waals surface area contributed by atoms with Crippen LogP contribution in [0.1, 0.15) is 19.4 Å². The van der Waals surface area contributed by atoms with Crippen LogP contribution in [-0.4, -0.2) is 23.9 Å². The maximum absolute atomic E-state index is 12.5. The van der Waals surface area contributed by atoms with Gasteiger partial charge in [-0.2, -0.15) is 0 Å². The van der Waals surface area contributed by atoms with Crippen LogP contribution in [-0.2, 0) is 11.2 Å². The van der Waals surface area contributed by atoms with Gasteiger partial charge in [-0.3, -0.25) is 4.79 Å². The fourth-order valence-corrected chi connectivity index (χ4v) is 3.87. The van der Waals surface area contributed by atoms with Gasteiger partial charge in [-0.25, -0.2) is 0 Å². The van der Waals surface area contributed by atoms with Crippen molar-refractivity contribution >= 4 is 40.9 Å². The summed E-state index contributed by atoms with van der Waals surface area (Å²) in [6.45, 7) is 5.35. The second kappa shape index (κ2) is 9.91. The van der Waals surface area contributed by atoms with Crippen molar-refractivity contribution in [3.63, 3.8) is 0 Å². The van der Waals surface area contributed by atoms with E-state index in [9.17, 15) is 4.79 Å². The normalized spacial score (nSPS) is 11.4. The lowest BCUT2D eigenvalue weighted by atomic mass is 10.1. The SMILES string of the molecule is CCN(CC)C(=O)/C=C(/Cc1ccccc1)Sc1ccc(Cl)cc1Cl. The molecule has 0 aliphatic carbocycles. The van der Waals surface area contributed by atoms with E-state index in [0.717, 1.165) is 15.4 Å². The van der Waals surface area contributed by atoms with Gasteiger partial charge in [-0.15, -0.1) is 0 Å². The van der Waals surface area contributed by atoms with Crippen LogP contribution in [0.2, 0.25) is 10.0 Å². The number of carbonyl (C=O) groups is 1. The lowest BCUT2D eigenvalue weighted by Crippen LogP contribution is -2.29. The number of carbonyl (C=O) groups excluding carboxylic acids is 1. The Morgan fingerprint density at radius 2 is 1.76 bits per heavy atom. The number of thioether (sulfide) groups is 1. The third kappa shape index (κ3) is 6.10. The number of rotatable bonds is 7.